The van der Waals surface area contributed by atoms with E-state index in [4.69, 9.17) is 0 Å². The maximum absolute atomic E-state index is 12.6. The van der Waals surface area contributed by atoms with E-state index >= 15 is 0 Å². The SMILES string of the molecule is CN1CCC(C(=O)c2cccc(NC(=O)c3cccnc3)n2)CC1. The highest BCUT2D eigenvalue weighted by Gasteiger charge is 2.25. The number of carbonyl (C=O) groups excluding carboxylic acids is 2. The van der Waals surface area contributed by atoms with Crippen LogP contribution < -0.4 is 5.32 Å². The van der Waals surface area contributed by atoms with E-state index in [2.05, 4.69) is 27.2 Å². The summed E-state index contributed by atoms with van der Waals surface area (Å²) in [5, 5.41) is 2.71. The molecule has 1 aliphatic rings. The van der Waals surface area contributed by atoms with Gasteiger partial charge in [-0.1, -0.05) is 6.07 Å². The quantitative estimate of drug-likeness (QED) is 0.873. The lowest BCUT2D eigenvalue weighted by molar-refractivity contribution is 0.0851. The van der Waals surface area contributed by atoms with Gasteiger partial charge in [-0.2, -0.15) is 0 Å². The van der Waals surface area contributed by atoms with Crippen molar-refractivity contribution in [1.29, 1.82) is 0 Å². The number of anilines is 1. The number of aromatic nitrogens is 2. The zero-order valence-electron chi connectivity index (χ0n) is 13.6. The van der Waals surface area contributed by atoms with Crippen LogP contribution >= 0.6 is 0 Å². The van der Waals surface area contributed by atoms with Crippen molar-refractivity contribution in [3.8, 4) is 0 Å². The van der Waals surface area contributed by atoms with E-state index in [0.29, 0.717) is 17.1 Å². The predicted octanol–water partition coefficient (Wildman–Crippen LogP) is 2.25. The van der Waals surface area contributed by atoms with Crippen molar-refractivity contribution in [2.75, 3.05) is 25.5 Å². The Labute approximate surface area is 140 Å². The number of hydrogen-bond acceptors (Lipinski definition) is 5. The summed E-state index contributed by atoms with van der Waals surface area (Å²) < 4.78 is 0. The summed E-state index contributed by atoms with van der Waals surface area (Å²) in [4.78, 5) is 35.2. The lowest BCUT2D eigenvalue weighted by Gasteiger charge is -2.27. The molecule has 0 unspecified atom stereocenters. The minimum atomic E-state index is -0.292. The van der Waals surface area contributed by atoms with Crippen LogP contribution in [0, 0.1) is 5.92 Å². The predicted molar refractivity (Wildman–Crippen MR) is 91.0 cm³/mol. The topological polar surface area (TPSA) is 75.2 Å². The van der Waals surface area contributed by atoms with Gasteiger partial charge < -0.3 is 10.2 Å². The third kappa shape index (κ3) is 3.83. The van der Waals surface area contributed by atoms with Gasteiger partial charge >= 0.3 is 0 Å². The summed E-state index contributed by atoms with van der Waals surface area (Å²) in [5.41, 5.74) is 0.861. The van der Waals surface area contributed by atoms with Crippen molar-refractivity contribution in [2.24, 2.45) is 5.92 Å². The fourth-order valence-corrected chi connectivity index (χ4v) is 2.81. The number of Topliss-reactive ketones (excluding diaryl/α,β-unsaturated/α-hetero) is 1. The summed E-state index contributed by atoms with van der Waals surface area (Å²) >= 11 is 0. The molecule has 124 valence electrons. The molecule has 1 aliphatic heterocycles. The molecule has 0 saturated carbocycles. The summed E-state index contributed by atoms with van der Waals surface area (Å²) in [7, 11) is 2.06. The summed E-state index contributed by atoms with van der Waals surface area (Å²) in [6.45, 7) is 1.85. The third-order valence-corrected chi connectivity index (χ3v) is 4.26. The lowest BCUT2D eigenvalue weighted by Crippen LogP contribution is -2.33. The minimum absolute atomic E-state index is 0.0120. The van der Waals surface area contributed by atoms with E-state index in [-0.39, 0.29) is 17.6 Å². The van der Waals surface area contributed by atoms with Crippen LogP contribution in [0.25, 0.3) is 0 Å². The average Bonchev–Trinajstić information content (AvgIpc) is 2.63. The first kappa shape index (κ1) is 16.3. The van der Waals surface area contributed by atoms with Gasteiger partial charge in [0.05, 0.1) is 5.56 Å². The fourth-order valence-electron chi connectivity index (χ4n) is 2.81. The van der Waals surface area contributed by atoms with E-state index in [1.807, 2.05) is 0 Å². The Kier molecular flexibility index (Phi) is 4.96. The fraction of sp³-hybridized carbons (Fsp3) is 0.333. The van der Waals surface area contributed by atoms with Crippen molar-refractivity contribution in [1.82, 2.24) is 14.9 Å². The Morgan fingerprint density at radius 2 is 1.96 bits per heavy atom. The molecule has 0 aromatic carbocycles. The maximum Gasteiger partial charge on any atom is 0.258 e. The van der Waals surface area contributed by atoms with Crippen molar-refractivity contribution in [2.45, 2.75) is 12.8 Å². The molecule has 0 aliphatic carbocycles. The molecule has 0 atom stereocenters. The molecule has 2 aromatic heterocycles. The molecule has 6 heteroatoms. The molecule has 0 spiro atoms. The van der Waals surface area contributed by atoms with E-state index < -0.39 is 0 Å². The summed E-state index contributed by atoms with van der Waals surface area (Å²) in [5.74, 6) is 0.153. The number of rotatable bonds is 4. The van der Waals surface area contributed by atoms with Crippen LogP contribution in [0.4, 0.5) is 5.82 Å². The molecule has 0 bridgehead atoms. The molecule has 3 heterocycles. The molecule has 1 amide bonds. The molecule has 1 N–H and O–H groups in total. The minimum Gasteiger partial charge on any atom is -0.306 e. The normalized spacial score (nSPS) is 15.9. The molecular weight excluding hydrogens is 304 g/mol. The van der Waals surface area contributed by atoms with Gasteiger partial charge in [0.15, 0.2) is 5.78 Å². The van der Waals surface area contributed by atoms with Gasteiger partial charge in [0.2, 0.25) is 0 Å². The number of likely N-dealkylation sites (tertiary alicyclic amines) is 1. The Morgan fingerprint density at radius 1 is 1.17 bits per heavy atom. The van der Waals surface area contributed by atoms with E-state index in [9.17, 15) is 9.59 Å². The van der Waals surface area contributed by atoms with Gasteiger partial charge in [-0.15, -0.1) is 0 Å². The van der Waals surface area contributed by atoms with E-state index in [0.717, 1.165) is 25.9 Å². The van der Waals surface area contributed by atoms with Crippen LogP contribution in [0.2, 0.25) is 0 Å². The Morgan fingerprint density at radius 3 is 2.67 bits per heavy atom. The number of nitrogens with zero attached hydrogens (tertiary/aromatic N) is 3. The molecule has 1 saturated heterocycles. The largest absolute Gasteiger partial charge is 0.306 e. The first-order valence-corrected chi connectivity index (χ1v) is 8.04. The standard InChI is InChI=1S/C18H20N4O2/c1-22-10-7-13(8-11-22)17(23)15-5-2-6-16(20-15)21-18(24)14-4-3-9-19-12-14/h2-6,9,12-13H,7-8,10-11H2,1H3,(H,20,21,24). The van der Waals surface area contributed by atoms with Gasteiger partial charge in [0, 0.05) is 18.3 Å². The zero-order valence-corrected chi connectivity index (χ0v) is 13.6. The second-order valence-corrected chi connectivity index (χ2v) is 6.05. The Balaban J connectivity index is 1.70. The first-order valence-electron chi connectivity index (χ1n) is 8.04. The van der Waals surface area contributed by atoms with Gasteiger partial charge in [-0.3, -0.25) is 14.6 Å². The van der Waals surface area contributed by atoms with Crippen molar-refractivity contribution in [3.63, 3.8) is 0 Å². The first-order chi connectivity index (χ1) is 11.6. The van der Waals surface area contributed by atoms with Crippen LogP contribution in [0.1, 0.15) is 33.7 Å². The van der Waals surface area contributed by atoms with Crippen molar-refractivity contribution in [3.05, 3.63) is 54.0 Å². The second kappa shape index (κ2) is 7.31. The van der Waals surface area contributed by atoms with Crippen LogP contribution in [-0.4, -0.2) is 46.7 Å². The average molecular weight is 324 g/mol. The molecule has 1 fully saturated rings. The number of piperidine rings is 1. The lowest BCUT2D eigenvalue weighted by atomic mass is 9.91. The molecule has 0 radical (unpaired) electrons. The van der Waals surface area contributed by atoms with Gasteiger partial charge in [0.25, 0.3) is 5.91 Å². The van der Waals surface area contributed by atoms with Crippen molar-refractivity contribution >= 4 is 17.5 Å². The number of amides is 1. The van der Waals surface area contributed by atoms with Crippen LogP contribution in [0.3, 0.4) is 0 Å². The van der Waals surface area contributed by atoms with Crippen LogP contribution in [0.5, 0.6) is 0 Å². The highest BCUT2D eigenvalue weighted by molar-refractivity contribution is 6.04. The van der Waals surface area contributed by atoms with Crippen molar-refractivity contribution < 1.29 is 9.59 Å². The van der Waals surface area contributed by atoms with E-state index in [1.54, 1.807) is 36.5 Å². The summed E-state index contributed by atoms with van der Waals surface area (Å²) in [6.07, 6.45) is 4.80. The smallest absolute Gasteiger partial charge is 0.258 e. The molecule has 6 nitrogen and oxygen atoms in total. The highest BCUT2D eigenvalue weighted by Crippen LogP contribution is 2.21. The molecular formula is C18H20N4O2. The summed E-state index contributed by atoms with van der Waals surface area (Å²) in [6, 6.07) is 8.51. The van der Waals surface area contributed by atoms with Gasteiger partial charge in [0.1, 0.15) is 11.5 Å². The van der Waals surface area contributed by atoms with Gasteiger partial charge in [-0.05, 0) is 57.2 Å². The van der Waals surface area contributed by atoms with Gasteiger partial charge in [-0.25, -0.2) is 4.98 Å². The second-order valence-electron chi connectivity index (χ2n) is 6.05. The number of nitrogens with one attached hydrogen (secondary N) is 1. The molecule has 24 heavy (non-hydrogen) atoms. The monoisotopic (exact) mass is 324 g/mol. The highest BCUT2D eigenvalue weighted by atomic mass is 16.1. The molecule has 2 aromatic rings. The Bertz CT molecular complexity index is 725. The number of pyridine rings is 2. The molecule has 3 rings (SSSR count). The Hall–Kier alpha value is -2.60. The number of ketones is 1. The maximum atomic E-state index is 12.6. The third-order valence-electron chi connectivity index (χ3n) is 4.26. The van der Waals surface area contributed by atoms with Crippen LogP contribution in [-0.2, 0) is 0 Å². The number of hydrogen-bond donors (Lipinski definition) is 1. The van der Waals surface area contributed by atoms with Crippen LogP contribution in [0.15, 0.2) is 42.7 Å². The van der Waals surface area contributed by atoms with E-state index in [1.165, 1.54) is 6.20 Å². The zero-order chi connectivity index (χ0) is 16.9. The number of carbonyl (C=O) groups is 2.